The Morgan fingerprint density at radius 1 is 0.826 bits per heavy atom. The summed E-state index contributed by atoms with van der Waals surface area (Å²) in [4.78, 5) is 0. The number of benzene rings is 2. The van der Waals surface area contributed by atoms with E-state index in [-0.39, 0.29) is 0 Å². The first-order valence-corrected chi connectivity index (χ1v) is 11.5. The number of hydrogen-bond donors (Lipinski definition) is 0. The van der Waals surface area contributed by atoms with Gasteiger partial charge in [0.1, 0.15) is 8.07 Å². The van der Waals surface area contributed by atoms with E-state index in [4.69, 9.17) is 0 Å². The van der Waals surface area contributed by atoms with Gasteiger partial charge in [-0.25, -0.2) is 0 Å². The zero-order valence-corrected chi connectivity index (χ0v) is 15.9. The predicted molar refractivity (Wildman–Crippen MR) is 106 cm³/mol. The van der Waals surface area contributed by atoms with Crippen molar-refractivity contribution in [2.45, 2.75) is 52.5 Å². The summed E-state index contributed by atoms with van der Waals surface area (Å²) < 4.78 is 0. The van der Waals surface area contributed by atoms with Crippen molar-refractivity contribution in [3.8, 4) is 0 Å². The van der Waals surface area contributed by atoms with Crippen molar-refractivity contribution >= 4 is 18.4 Å². The molecule has 0 heterocycles. The van der Waals surface area contributed by atoms with Gasteiger partial charge in [0, 0.05) is 0 Å². The molecule has 0 aromatic heterocycles. The van der Waals surface area contributed by atoms with E-state index in [1.165, 1.54) is 42.5 Å². The van der Waals surface area contributed by atoms with Crippen LogP contribution in [0.4, 0.5) is 0 Å². The van der Waals surface area contributed by atoms with Crippen molar-refractivity contribution in [1.29, 1.82) is 0 Å². The van der Waals surface area contributed by atoms with Crippen LogP contribution >= 0.6 is 0 Å². The van der Waals surface area contributed by atoms with Crippen LogP contribution in [0.3, 0.4) is 0 Å². The van der Waals surface area contributed by atoms with E-state index in [9.17, 15) is 0 Å². The maximum Gasteiger partial charge on any atom is 0.141 e. The molecule has 2 aromatic carbocycles. The second kappa shape index (κ2) is 8.88. The van der Waals surface area contributed by atoms with E-state index in [0.29, 0.717) is 0 Å². The van der Waals surface area contributed by atoms with Crippen molar-refractivity contribution in [1.82, 2.24) is 0 Å². The molecule has 0 nitrogen and oxygen atoms in total. The first-order valence-electron chi connectivity index (χ1n) is 9.00. The van der Waals surface area contributed by atoms with E-state index in [2.05, 4.69) is 87.1 Å². The SMILES string of the molecule is C/C=C(\CCCCCC)[Si](C)(c1ccccc1)c1ccccc1. The summed E-state index contributed by atoms with van der Waals surface area (Å²) in [5.74, 6) is 0. The third kappa shape index (κ3) is 4.23. The molecule has 0 atom stereocenters. The van der Waals surface area contributed by atoms with Crippen LogP contribution in [-0.4, -0.2) is 8.07 Å². The predicted octanol–water partition coefficient (Wildman–Crippen LogP) is 5.34. The largest absolute Gasteiger partial charge is 0.141 e. The molecule has 23 heavy (non-hydrogen) atoms. The Bertz CT molecular complexity index is 559. The summed E-state index contributed by atoms with van der Waals surface area (Å²) in [6.07, 6.45) is 8.96. The molecular weight excluding hydrogens is 292 g/mol. The normalized spacial score (nSPS) is 12.4. The Hall–Kier alpha value is -1.60. The molecule has 0 aliphatic rings. The Morgan fingerprint density at radius 3 is 1.78 bits per heavy atom. The Balaban J connectivity index is 2.37. The van der Waals surface area contributed by atoms with Gasteiger partial charge in [0.05, 0.1) is 0 Å². The molecule has 0 fully saturated rings. The summed E-state index contributed by atoms with van der Waals surface area (Å²) in [5, 5.41) is 4.72. The first-order chi connectivity index (χ1) is 11.2. The standard InChI is InChI=1S/C22H30Si/c1-4-6-7-10-15-20(5-2)23(3,21-16-11-8-12-17-21)22-18-13-9-14-19-22/h5,8-9,11-14,16-19H,4,6-7,10,15H2,1-3H3/b20-5+. The van der Waals surface area contributed by atoms with Crippen molar-refractivity contribution < 1.29 is 0 Å². The number of unbranched alkanes of at least 4 members (excludes halogenated alkanes) is 3. The highest BCUT2D eigenvalue weighted by Crippen LogP contribution is 2.22. The number of allylic oxidation sites excluding steroid dienone is 2. The van der Waals surface area contributed by atoms with Crippen LogP contribution in [0.1, 0.15) is 46.0 Å². The summed E-state index contributed by atoms with van der Waals surface area (Å²) in [6.45, 7) is 7.03. The maximum absolute atomic E-state index is 2.52. The van der Waals surface area contributed by atoms with Gasteiger partial charge >= 0.3 is 0 Å². The molecule has 2 rings (SSSR count). The minimum absolute atomic E-state index is 1.24. The molecule has 122 valence electrons. The molecule has 0 radical (unpaired) electrons. The molecule has 1 heteroatoms. The second-order valence-electron chi connectivity index (χ2n) is 6.48. The molecule has 0 saturated heterocycles. The van der Waals surface area contributed by atoms with Gasteiger partial charge in [-0.05, 0) is 30.1 Å². The third-order valence-corrected chi connectivity index (χ3v) is 9.79. The van der Waals surface area contributed by atoms with Crippen molar-refractivity contribution in [2.75, 3.05) is 0 Å². The second-order valence-corrected chi connectivity index (χ2v) is 10.5. The zero-order chi connectivity index (χ0) is 16.5. The Morgan fingerprint density at radius 2 is 1.35 bits per heavy atom. The average molecular weight is 323 g/mol. The van der Waals surface area contributed by atoms with Crippen molar-refractivity contribution in [2.24, 2.45) is 0 Å². The van der Waals surface area contributed by atoms with Crippen LogP contribution in [0, 0.1) is 0 Å². The van der Waals surface area contributed by atoms with Crippen LogP contribution in [-0.2, 0) is 0 Å². The fourth-order valence-electron chi connectivity index (χ4n) is 3.51. The zero-order valence-electron chi connectivity index (χ0n) is 14.9. The van der Waals surface area contributed by atoms with Gasteiger partial charge in [0.25, 0.3) is 0 Å². The molecule has 0 aliphatic heterocycles. The van der Waals surface area contributed by atoms with Gasteiger partial charge in [-0.3, -0.25) is 0 Å². The smallest absolute Gasteiger partial charge is 0.0916 e. The third-order valence-electron chi connectivity index (χ3n) is 4.99. The van der Waals surface area contributed by atoms with E-state index >= 15 is 0 Å². The minimum Gasteiger partial charge on any atom is -0.0916 e. The van der Waals surface area contributed by atoms with Gasteiger partial charge in [0.2, 0.25) is 0 Å². The van der Waals surface area contributed by atoms with E-state index < -0.39 is 8.07 Å². The molecule has 2 aromatic rings. The molecule has 0 bridgehead atoms. The lowest BCUT2D eigenvalue weighted by Gasteiger charge is -2.32. The number of hydrogen-bond acceptors (Lipinski definition) is 0. The monoisotopic (exact) mass is 322 g/mol. The van der Waals surface area contributed by atoms with Crippen LogP contribution in [0.2, 0.25) is 6.55 Å². The van der Waals surface area contributed by atoms with Gasteiger partial charge < -0.3 is 0 Å². The summed E-state index contributed by atoms with van der Waals surface area (Å²) in [5.41, 5.74) is 0. The van der Waals surface area contributed by atoms with Crippen LogP contribution in [0.5, 0.6) is 0 Å². The van der Waals surface area contributed by atoms with Crippen molar-refractivity contribution in [3.63, 3.8) is 0 Å². The molecule has 0 aliphatic carbocycles. The molecular formula is C22H30Si. The average Bonchev–Trinajstić information content (AvgIpc) is 2.63. The van der Waals surface area contributed by atoms with Crippen LogP contribution in [0.25, 0.3) is 0 Å². The van der Waals surface area contributed by atoms with E-state index in [1.807, 2.05) is 0 Å². The number of rotatable bonds is 8. The highest BCUT2D eigenvalue weighted by Gasteiger charge is 2.34. The minimum atomic E-state index is -1.83. The topological polar surface area (TPSA) is 0 Å². The summed E-state index contributed by atoms with van der Waals surface area (Å²) in [6, 6.07) is 22.3. The fourth-order valence-corrected chi connectivity index (χ4v) is 7.55. The van der Waals surface area contributed by atoms with Crippen molar-refractivity contribution in [3.05, 3.63) is 71.9 Å². The molecule has 0 saturated carbocycles. The molecule has 0 N–H and O–H groups in total. The molecule has 0 amide bonds. The highest BCUT2D eigenvalue weighted by molar-refractivity contribution is 7.06. The maximum atomic E-state index is 2.52. The molecule has 0 unspecified atom stereocenters. The van der Waals surface area contributed by atoms with Crippen LogP contribution in [0.15, 0.2) is 71.9 Å². The van der Waals surface area contributed by atoms with Gasteiger partial charge in [0.15, 0.2) is 0 Å². The lowest BCUT2D eigenvalue weighted by atomic mass is 10.1. The highest BCUT2D eigenvalue weighted by atomic mass is 28.3. The fraction of sp³-hybridized carbons (Fsp3) is 0.364. The van der Waals surface area contributed by atoms with E-state index in [0.717, 1.165) is 0 Å². The van der Waals surface area contributed by atoms with Gasteiger partial charge in [-0.2, -0.15) is 0 Å². The molecule has 0 spiro atoms. The lowest BCUT2D eigenvalue weighted by molar-refractivity contribution is 0.670. The summed E-state index contributed by atoms with van der Waals surface area (Å²) >= 11 is 0. The van der Waals surface area contributed by atoms with Crippen LogP contribution < -0.4 is 10.4 Å². The summed E-state index contributed by atoms with van der Waals surface area (Å²) in [7, 11) is -1.83. The Kier molecular flexibility index (Phi) is 6.85. The van der Waals surface area contributed by atoms with E-state index in [1.54, 1.807) is 5.20 Å². The van der Waals surface area contributed by atoms with Gasteiger partial charge in [-0.15, -0.1) is 0 Å². The lowest BCUT2D eigenvalue weighted by Crippen LogP contribution is -2.57. The first kappa shape index (κ1) is 17.7. The quantitative estimate of drug-likeness (QED) is 0.455. The van der Waals surface area contributed by atoms with Gasteiger partial charge in [-0.1, -0.05) is 105 Å². The Labute approximate surface area is 143 Å².